The summed E-state index contributed by atoms with van der Waals surface area (Å²) >= 11 is 1.59. The fourth-order valence-electron chi connectivity index (χ4n) is 3.05. The molecule has 1 atom stereocenters. The van der Waals surface area contributed by atoms with Crippen molar-refractivity contribution in [3.8, 4) is 0 Å². The summed E-state index contributed by atoms with van der Waals surface area (Å²) in [6.07, 6.45) is 1.46. The molecule has 0 aliphatic carbocycles. The summed E-state index contributed by atoms with van der Waals surface area (Å²) in [5, 5.41) is 6.77. The van der Waals surface area contributed by atoms with Gasteiger partial charge in [0.2, 0.25) is 5.91 Å². The summed E-state index contributed by atoms with van der Waals surface area (Å²) in [7, 11) is 0. The van der Waals surface area contributed by atoms with Crippen LogP contribution in [-0.4, -0.2) is 23.5 Å². The quantitative estimate of drug-likeness (QED) is 0.874. The predicted molar refractivity (Wildman–Crippen MR) is 100 cm³/mol. The highest BCUT2D eigenvalue weighted by Gasteiger charge is 2.22. The Kier molecular flexibility index (Phi) is 5.03. The van der Waals surface area contributed by atoms with Crippen LogP contribution in [0.1, 0.15) is 41.4 Å². The van der Waals surface area contributed by atoms with Gasteiger partial charge in [0.15, 0.2) is 0 Å². The summed E-state index contributed by atoms with van der Waals surface area (Å²) < 4.78 is 0. The second-order valence-electron chi connectivity index (χ2n) is 6.20. The van der Waals surface area contributed by atoms with Crippen molar-refractivity contribution in [2.75, 3.05) is 16.8 Å². The molecule has 3 rings (SSSR count). The minimum atomic E-state index is -0.275. The molecule has 1 saturated heterocycles. The zero-order chi connectivity index (χ0) is 18.0. The zero-order valence-corrected chi connectivity index (χ0v) is 15.4. The maximum atomic E-state index is 12.3. The second kappa shape index (κ2) is 7.23. The number of aryl methyl sites for hydroxylation is 2. The molecular weight excluding hydrogens is 336 g/mol. The van der Waals surface area contributed by atoms with Crippen LogP contribution in [-0.2, 0) is 4.79 Å². The van der Waals surface area contributed by atoms with E-state index in [9.17, 15) is 9.59 Å². The molecule has 2 aromatic rings. The van der Waals surface area contributed by atoms with Gasteiger partial charge in [-0.3, -0.25) is 4.79 Å². The fourth-order valence-corrected chi connectivity index (χ4v) is 3.98. The molecule has 25 heavy (non-hydrogen) atoms. The van der Waals surface area contributed by atoms with E-state index in [-0.39, 0.29) is 18.0 Å². The van der Waals surface area contributed by atoms with Crippen LogP contribution in [0.15, 0.2) is 24.3 Å². The number of anilines is 2. The van der Waals surface area contributed by atoms with Crippen LogP contribution in [0.5, 0.6) is 0 Å². The van der Waals surface area contributed by atoms with Gasteiger partial charge in [-0.25, -0.2) is 9.78 Å². The molecule has 2 N–H and O–H groups in total. The van der Waals surface area contributed by atoms with Crippen LogP contribution in [0.25, 0.3) is 0 Å². The number of amides is 3. The maximum Gasteiger partial charge on any atom is 0.319 e. The maximum absolute atomic E-state index is 12.3. The lowest BCUT2D eigenvalue weighted by atomic mass is 10.2. The molecule has 1 aliphatic heterocycles. The van der Waals surface area contributed by atoms with Gasteiger partial charge in [0.1, 0.15) is 0 Å². The van der Waals surface area contributed by atoms with Gasteiger partial charge in [0.05, 0.1) is 16.7 Å². The van der Waals surface area contributed by atoms with E-state index in [2.05, 4.69) is 15.6 Å². The van der Waals surface area contributed by atoms with Gasteiger partial charge in [0, 0.05) is 29.2 Å². The van der Waals surface area contributed by atoms with Crippen LogP contribution in [0.4, 0.5) is 16.2 Å². The Morgan fingerprint density at radius 2 is 2.16 bits per heavy atom. The molecule has 1 aromatic carbocycles. The molecule has 1 aromatic heterocycles. The van der Waals surface area contributed by atoms with E-state index in [0.29, 0.717) is 12.1 Å². The Hall–Kier alpha value is -2.41. The van der Waals surface area contributed by atoms with Gasteiger partial charge in [-0.15, -0.1) is 11.3 Å². The standard InChI is InChI=1S/C18H22N4O2S/c1-11-17(25-13(3)19-11)12(2)20-18(24)21-14-6-4-7-15(10-14)22-9-5-8-16(22)23/h4,6-7,10,12H,5,8-9H2,1-3H3,(H2,20,21,24). The number of rotatable bonds is 4. The molecule has 0 spiro atoms. The molecule has 3 amide bonds. The van der Waals surface area contributed by atoms with Gasteiger partial charge in [0.25, 0.3) is 0 Å². The molecular formula is C18H22N4O2S. The minimum Gasteiger partial charge on any atom is -0.330 e. The summed E-state index contributed by atoms with van der Waals surface area (Å²) in [5.41, 5.74) is 2.44. The zero-order valence-electron chi connectivity index (χ0n) is 14.6. The normalized spacial score (nSPS) is 15.3. The van der Waals surface area contributed by atoms with E-state index in [1.54, 1.807) is 16.2 Å². The Balaban J connectivity index is 1.65. The van der Waals surface area contributed by atoms with E-state index < -0.39 is 0 Å². The highest BCUT2D eigenvalue weighted by atomic mass is 32.1. The molecule has 0 saturated carbocycles. The van der Waals surface area contributed by atoms with Gasteiger partial charge < -0.3 is 15.5 Å². The lowest BCUT2D eigenvalue weighted by Crippen LogP contribution is -2.31. The summed E-state index contributed by atoms with van der Waals surface area (Å²) in [4.78, 5) is 31.4. The van der Waals surface area contributed by atoms with Gasteiger partial charge >= 0.3 is 6.03 Å². The Morgan fingerprint density at radius 3 is 2.80 bits per heavy atom. The monoisotopic (exact) mass is 358 g/mol. The molecule has 2 heterocycles. The lowest BCUT2D eigenvalue weighted by Gasteiger charge is -2.18. The van der Waals surface area contributed by atoms with Crippen molar-refractivity contribution in [2.24, 2.45) is 0 Å². The number of hydrogen-bond donors (Lipinski definition) is 2. The number of urea groups is 1. The summed E-state index contributed by atoms with van der Waals surface area (Å²) in [6, 6.07) is 6.98. The summed E-state index contributed by atoms with van der Waals surface area (Å²) in [5.74, 6) is 0.131. The lowest BCUT2D eigenvalue weighted by molar-refractivity contribution is -0.117. The molecule has 7 heteroatoms. The first-order valence-corrected chi connectivity index (χ1v) is 9.17. The topological polar surface area (TPSA) is 74.3 Å². The third-order valence-electron chi connectivity index (χ3n) is 4.17. The number of carbonyl (C=O) groups is 2. The highest BCUT2D eigenvalue weighted by Crippen LogP contribution is 2.26. The molecule has 0 bridgehead atoms. The van der Waals surface area contributed by atoms with Crippen LogP contribution in [0, 0.1) is 13.8 Å². The predicted octanol–water partition coefficient (Wildman–Crippen LogP) is 3.77. The van der Waals surface area contributed by atoms with Crippen LogP contribution >= 0.6 is 11.3 Å². The first kappa shape index (κ1) is 17.4. The number of carbonyl (C=O) groups excluding carboxylic acids is 2. The number of nitrogens with zero attached hydrogens (tertiary/aromatic N) is 2. The fraction of sp³-hybridized carbons (Fsp3) is 0.389. The molecule has 0 radical (unpaired) electrons. The average molecular weight is 358 g/mol. The number of nitrogens with one attached hydrogen (secondary N) is 2. The van der Waals surface area contributed by atoms with Crippen molar-refractivity contribution in [1.29, 1.82) is 0 Å². The number of thiazole rings is 1. The van der Waals surface area contributed by atoms with Crippen molar-refractivity contribution in [3.63, 3.8) is 0 Å². The smallest absolute Gasteiger partial charge is 0.319 e. The SMILES string of the molecule is Cc1nc(C)c(C(C)NC(=O)Nc2cccc(N3CCCC3=O)c2)s1. The van der Waals surface area contributed by atoms with Crippen molar-refractivity contribution in [1.82, 2.24) is 10.3 Å². The van der Waals surface area contributed by atoms with Crippen molar-refractivity contribution < 1.29 is 9.59 Å². The molecule has 1 unspecified atom stereocenters. The molecule has 1 aliphatic rings. The minimum absolute atomic E-state index is 0.116. The highest BCUT2D eigenvalue weighted by molar-refractivity contribution is 7.11. The molecule has 6 nitrogen and oxygen atoms in total. The number of hydrogen-bond acceptors (Lipinski definition) is 4. The van der Waals surface area contributed by atoms with Crippen molar-refractivity contribution in [3.05, 3.63) is 39.8 Å². The molecule has 1 fully saturated rings. The Morgan fingerprint density at radius 1 is 1.36 bits per heavy atom. The summed E-state index contributed by atoms with van der Waals surface area (Å²) in [6.45, 7) is 6.58. The van der Waals surface area contributed by atoms with E-state index in [4.69, 9.17) is 0 Å². The largest absolute Gasteiger partial charge is 0.330 e. The van der Waals surface area contributed by atoms with Gasteiger partial charge in [-0.2, -0.15) is 0 Å². The van der Waals surface area contributed by atoms with E-state index in [1.807, 2.05) is 45.0 Å². The third kappa shape index (κ3) is 3.99. The average Bonchev–Trinajstić information content (AvgIpc) is 3.12. The van der Waals surface area contributed by atoms with Crippen molar-refractivity contribution in [2.45, 2.75) is 39.7 Å². The van der Waals surface area contributed by atoms with E-state index in [0.717, 1.165) is 34.2 Å². The van der Waals surface area contributed by atoms with Crippen LogP contribution < -0.4 is 15.5 Å². The van der Waals surface area contributed by atoms with Gasteiger partial charge in [-0.05, 0) is 45.4 Å². The Bertz CT molecular complexity index is 802. The van der Waals surface area contributed by atoms with Gasteiger partial charge in [-0.1, -0.05) is 6.07 Å². The molecule has 132 valence electrons. The van der Waals surface area contributed by atoms with Crippen molar-refractivity contribution >= 4 is 34.6 Å². The van der Waals surface area contributed by atoms with Crippen LogP contribution in [0.2, 0.25) is 0 Å². The number of aromatic nitrogens is 1. The Labute approximate surface area is 151 Å². The van der Waals surface area contributed by atoms with E-state index >= 15 is 0 Å². The first-order chi connectivity index (χ1) is 11.9. The second-order valence-corrected chi connectivity index (χ2v) is 7.44. The van der Waals surface area contributed by atoms with E-state index in [1.165, 1.54) is 0 Å². The first-order valence-electron chi connectivity index (χ1n) is 8.36. The van der Waals surface area contributed by atoms with Crippen LogP contribution in [0.3, 0.4) is 0 Å². The number of benzene rings is 1. The third-order valence-corrected chi connectivity index (χ3v) is 5.42.